The third-order valence-corrected chi connectivity index (χ3v) is 5.90. The molecule has 2 aromatic rings. The van der Waals surface area contributed by atoms with Crippen molar-refractivity contribution in [1.82, 2.24) is 4.31 Å². The van der Waals surface area contributed by atoms with Gasteiger partial charge in [-0.2, -0.15) is 4.31 Å². The molecule has 0 bridgehead atoms. The third kappa shape index (κ3) is 4.70. The minimum absolute atomic E-state index is 0.0357. The summed E-state index contributed by atoms with van der Waals surface area (Å²) in [4.78, 5) is 11.2. The van der Waals surface area contributed by atoms with Gasteiger partial charge in [0.1, 0.15) is 4.90 Å². The SMILES string of the molecule is NC(=O)CN(CCc1ccccc1)S(=O)(=O)c1cc(Cl)ccc1Cl. The van der Waals surface area contributed by atoms with Gasteiger partial charge in [0, 0.05) is 11.6 Å². The molecule has 0 unspecified atom stereocenters. The molecule has 128 valence electrons. The van der Waals surface area contributed by atoms with Crippen molar-refractivity contribution in [2.45, 2.75) is 11.3 Å². The van der Waals surface area contributed by atoms with Gasteiger partial charge in [0.2, 0.25) is 15.9 Å². The van der Waals surface area contributed by atoms with Crippen molar-refractivity contribution in [3.05, 3.63) is 64.1 Å². The summed E-state index contributed by atoms with van der Waals surface area (Å²) in [6, 6.07) is 13.5. The zero-order chi connectivity index (χ0) is 17.7. The molecular formula is C16H16Cl2N2O3S. The smallest absolute Gasteiger partial charge is 0.245 e. The highest BCUT2D eigenvalue weighted by Crippen LogP contribution is 2.27. The fourth-order valence-electron chi connectivity index (χ4n) is 2.17. The number of primary amides is 1. The average molecular weight is 387 g/mol. The molecule has 0 aliphatic carbocycles. The molecule has 0 spiro atoms. The van der Waals surface area contributed by atoms with Gasteiger partial charge in [0.15, 0.2) is 0 Å². The molecule has 8 heteroatoms. The normalized spacial score (nSPS) is 11.6. The second-order valence-electron chi connectivity index (χ2n) is 5.12. The first-order valence-electron chi connectivity index (χ1n) is 7.08. The molecule has 0 atom stereocenters. The van der Waals surface area contributed by atoms with Gasteiger partial charge in [-0.05, 0) is 30.2 Å². The lowest BCUT2D eigenvalue weighted by atomic mass is 10.1. The van der Waals surface area contributed by atoms with E-state index in [1.165, 1.54) is 18.2 Å². The number of carbonyl (C=O) groups excluding carboxylic acids is 1. The minimum Gasteiger partial charge on any atom is -0.369 e. The maximum Gasteiger partial charge on any atom is 0.245 e. The number of hydrogen-bond acceptors (Lipinski definition) is 3. The topological polar surface area (TPSA) is 80.5 Å². The van der Waals surface area contributed by atoms with E-state index in [2.05, 4.69) is 0 Å². The van der Waals surface area contributed by atoms with Crippen LogP contribution in [-0.2, 0) is 21.2 Å². The van der Waals surface area contributed by atoms with E-state index in [0.717, 1.165) is 9.87 Å². The molecule has 24 heavy (non-hydrogen) atoms. The van der Waals surface area contributed by atoms with E-state index in [1.54, 1.807) is 0 Å². The summed E-state index contributed by atoms with van der Waals surface area (Å²) < 4.78 is 26.7. The Morgan fingerprint density at radius 3 is 2.38 bits per heavy atom. The van der Waals surface area contributed by atoms with Crippen LogP contribution in [0.15, 0.2) is 53.4 Å². The van der Waals surface area contributed by atoms with Crippen LogP contribution in [0.2, 0.25) is 10.0 Å². The highest BCUT2D eigenvalue weighted by Gasteiger charge is 2.28. The van der Waals surface area contributed by atoms with Crippen LogP contribution < -0.4 is 5.73 Å². The first kappa shape index (κ1) is 18.7. The van der Waals surface area contributed by atoms with E-state index in [4.69, 9.17) is 28.9 Å². The van der Waals surface area contributed by atoms with E-state index >= 15 is 0 Å². The number of hydrogen-bond donors (Lipinski definition) is 1. The summed E-state index contributed by atoms with van der Waals surface area (Å²) >= 11 is 11.9. The standard InChI is InChI=1S/C16H16Cl2N2O3S/c17-13-6-7-14(18)15(10-13)24(22,23)20(11-16(19)21)9-8-12-4-2-1-3-5-12/h1-7,10H,8-9,11H2,(H2,19,21). The van der Waals surface area contributed by atoms with Crippen LogP contribution >= 0.6 is 23.2 Å². The lowest BCUT2D eigenvalue weighted by Crippen LogP contribution is -2.39. The highest BCUT2D eigenvalue weighted by molar-refractivity contribution is 7.89. The summed E-state index contributed by atoms with van der Waals surface area (Å²) in [6.07, 6.45) is 0.436. The van der Waals surface area contributed by atoms with Crippen LogP contribution in [0.3, 0.4) is 0 Å². The predicted molar refractivity (Wildman–Crippen MR) is 94.6 cm³/mol. The molecule has 2 rings (SSSR count). The molecule has 0 saturated heterocycles. The second-order valence-corrected chi connectivity index (χ2v) is 7.87. The zero-order valence-electron chi connectivity index (χ0n) is 12.7. The Labute approximate surface area is 151 Å². The van der Waals surface area contributed by atoms with Gasteiger partial charge in [-0.25, -0.2) is 8.42 Å². The molecular weight excluding hydrogens is 371 g/mol. The molecule has 0 aliphatic rings. The van der Waals surface area contributed by atoms with Gasteiger partial charge < -0.3 is 5.73 Å². The molecule has 0 heterocycles. The lowest BCUT2D eigenvalue weighted by Gasteiger charge is -2.21. The Bertz CT molecular complexity index is 826. The van der Waals surface area contributed by atoms with E-state index < -0.39 is 22.5 Å². The van der Waals surface area contributed by atoms with Crippen molar-refractivity contribution in [3.63, 3.8) is 0 Å². The number of halogens is 2. The number of nitrogens with two attached hydrogens (primary N) is 1. The molecule has 2 aromatic carbocycles. The van der Waals surface area contributed by atoms with Crippen molar-refractivity contribution in [2.24, 2.45) is 5.73 Å². The first-order valence-corrected chi connectivity index (χ1v) is 9.28. The molecule has 0 radical (unpaired) electrons. The molecule has 2 N–H and O–H groups in total. The Kier molecular flexibility index (Phi) is 6.23. The number of nitrogens with zero attached hydrogens (tertiary/aromatic N) is 1. The molecule has 0 saturated carbocycles. The van der Waals surface area contributed by atoms with Gasteiger partial charge in [-0.3, -0.25) is 4.79 Å². The van der Waals surface area contributed by atoms with Gasteiger partial charge in [0.25, 0.3) is 0 Å². The van der Waals surface area contributed by atoms with E-state index in [1.807, 2.05) is 30.3 Å². The Balaban J connectivity index is 2.31. The summed E-state index contributed by atoms with van der Waals surface area (Å²) in [7, 11) is -4.00. The molecule has 0 aromatic heterocycles. The monoisotopic (exact) mass is 386 g/mol. The van der Waals surface area contributed by atoms with Crippen LogP contribution in [0, 0.1) is 0 Å². The summed E-state index contributed by atoms with van der Waals surface area (Å²) in [5.74, 6) is -0.746. The van der Waals surface area contributed by atoms with E-state index in [-0.39, 0.29) is 21.5 Å². The Hall–Kier alpha value is -1.60. The molecule has 0 aliphatic heterocycles. The number of rotatable bonds is 7. The fourth-order valence-corrected chi connectivity index (χ4v) is 4.31. The summed E-state index contributed by atoms with van der Waals surface area (Å²) in [5, 5.41) is 0.272. The minimum atomic E-state index is -4.00. The number of carbonyl (C=O) groups is 1. The van der Waals surface area contributed by atoms with E-state index in [0.29, 0.717) is 6.42 Å². The van der Waals surface area contributed by atoms with Crippen LogP contribution in [0.4, 0.5) is 0 Å². The Morgan fingerprint density at radius 1 is 1.08 bits per heavy atom. The first-order chi connectivity index (χ1) is 11.3. The van der Waals surface area contributed by atoms with Crippen molar-refractivity contribution < 1.29 is 13.2 Å². The van der Waals surface area contributed by atoms with Crippen LogP contribution in [0.1, 0.15) is 5.56 Å². The maximum atomic E-state index is 12.8. The van der Waals surface area contributed by atoms with Crippen LogP contribution in [0.25, 0.3) is 0 Å². The Morgan fingerprint density at radius 2 is 1.75 bits per heavy atom. The van der Waals surface area contributed by atoms with Crippen LogP contribution in [-0.4, -0.2) is 31.7 Å². The fraction of sp³-hybridized carbons (Fsp3) is 0.188. The average Bonchev–Trinajstić information content (AvgIpc) is 2.54. The number of sulfonamides is 1. The summed E-state index contributed by atoms with van der Waals surface area (Å²) in [6.45, 7) is -0.337. The van der Waals surface area contributed by atoms with Gasteiger partial charge in [0.05, 0.1) is 11.6 Å². The van der Waals surface area contributed by atoms with Crippen molar-refractivity contribution in [2.75, 3.05) is 13.1 Å². The quantitative estimate of drug-likeness (QED) is 0.793. The second kappa shape index (κ2) is 7.98. The van der Waals surface area contributed by atoms with Crippen molar-refractivity contribution in [1.29, 1.82) is 0 Å². The highest BCUT2D eigenvalue weighted by atomic mass is 35.5. The summed E-state index contributed by atoms with van der Waals surface area (Å²) in [5.41, 5.74) is 6.14. The van der Waals surface area contributed by atoms with Gasteiger partial charge in [-0.1, -0.05) is 53.5 Å². The lowest BCUT2D eigenvalue weighted by molar-refractivity contribution is -0.118. The number of benzene rings is 2. The third-order valence-electron chi connectivity index (χ3n) is 3.34. The van der Waals surface area contributed by atoms with E-state index in [9.17, 15) is 13.2 Å². The van der Waals surface area contributed by atoms with Crippen LogP contribution in [0.5, 0.6) is 0 Å². The molecule has 1 amide bonds. The van der Waals surface area contributed by atoms with Gasteiger partial charge >= 0.3 is 0 Å². The zero-order valence-corrected chi connectivity index (χ0v) is 15.0. The van der Waals surface area contributed by atoms with Crippen molar-refractivity contribution >= 4 is 39.1 Å². The largest absolute Gasteiger partial charge is 0.369 e. The molecule has 5 nitrogen and oxygen atoms in total. The predicted octanol–water partition coefficient (Wildman–Crippen LogP) is 2.71. The maximum absolute atomic E-state index is 12.8. The van der Waals surface area contributed by atoms with Crippen molar-refractivity contribution in [3.8, 4) is 0 Å². The molecule has 0 fully saturated rings. The van der Waals surface area contributed by atoms with Gasteiger partial charge in [-0.15, -0.1) is 0 Å². The number of amides is 1.